The standard InChI is InChI=1S/C5H12ClNO3S/c1-5(4-8)7-11(9,10)3-2-6/h5,7-8H,2-4H2,1H3/t5-/m1/s1. The SMILES string of the molecule is C[C@H](CO)NS(=O)(=O)CCCl. The van der Waals surface area contributed by atoms with E-state index in [1.54, 1.807) is 6.92 Å². The summed E-state index contributed by atoms with van der Waals surface area (Å²) in [5.41, 5.74) is 0. The molecule has 68 valence electrons. The second-order valence-corrected chi connectivity index (χ2v) is 4.46. The predicted molar refractivity (Wildman–Crippen MR) is 44.2 cm³/mol. The maximum Gasteiger partial charge on any atom is 0.213 e. The molecule has 0 fully saturated rings. The molecule has 1 atom stereocenters. The summed E-state index contributed by atoms with van der Waals surface area (Å²) in [5, 5.41) is 8.51. The fourth-order valence-electron chi connectivity index (χ4n) is 0.504. The number of sulfonamides is 1. The minimum Gasteiger partial charge on any atom is -0.395 e. The molecule has 6 heteroatoms. The highest BCUT2D eigenvalue weighted by molar-refractivity contribution is 7.89. The van der Waals surface area contributed by atoms with Crippen molar-refractivity contribution in [2.24, 2.45) is 0 Å². The van der Waals surface area contributed by atoms with E-state index in [9.17, 15) is 8.42 Å². The normalized spacial score (nSPS) is 14.8. The third-order valence-electron chi connectivity index (χ3n) is 1.00. The lowest BCUT2D eigenvalue weighted by Crippen LogP contribution is -2.36. The fourth-order valence-corrected chi connectivity index (χ4v) is 2.12. The van der Waals surface area contributed by atoms with Crippen molar-refractivity contribution in [1.82, 2.24) is 4.72 Å². The number of rotatable bonds is 5. The van der Waals surface area contributed by atoms with Crippen LogP contribution in [0.15, 0.2) is 0 Å². The maximum absolute atomic E-state index is 10.9. The first-order chi connectivity index (χ1) is 5.02. The number of hydrogen-bond donors (Lipinski definition) is 2. The summed E-state index contributed by atoms with van der Waals surface area (Å²) in [6, 6.07) is -0.441. The minimum absolute atomic E-state index is 0.0630. The van der Waals surface area contributed by atoms with Crippen molar-refractivity contribution < 1.29 is 13.5 Å². The molecule has 2 N–H and O–H groups in total. The molecule has 11 heavy (non-hydrogen) atoms. The molecule has 0 heterocycles. The number of nitrogens with one attached hydrogen (secondary N) is 1. The van der Waals surface area contributed by atoms with Crippen LogP contribution in [-0.2, 0) is 10.0 Å². The predicted octanol–water partition coefficient (Wildman–Crippen LogP) is -0.475. The summed E-state index contributed by atoms with van der Waals surface area (Å²) in [6.45, 7) is 1.37. The van der Waals surface area contributed by atoms with E-state index in [-0.39, 0.29) is 18.2 Å². The smallest absolute Gasteiger partial charge is 0.213 e. The van der Waals surface area contributed by atoms with Gasteiger partial charge in [-0.3, -0.25) is 0 Å². The molecule has 0 saturated carbocycles. The highest BCUT2D eigenvalue weighted by atomic mass is 35.5. The summed E-state index contributed by atoms with van der Waals surface area (Å²) >= 11 is 5.23. The largest absolute Gasteiger partial charge is 0.395 e. The average Bonchev–Trinajstić information content (AvgIpc) is 1.86. The van der Waals surface area contributed by atoms with Crippen molar-refractivity contribution in [3.63, 3.8) is 0 Å². The van der Waals surface area contributed by atoms with Crippen LogP contribution in [0.3, 0.4) is 0 Å². The third-order valence-corrected chi connectivity index (χ3v) is 2.92. The van der Waals surface area contributed by atoms with Gasteiger partial charge < -0.3 is 5.11 Å². The molecule has 0 aromatic carbocycles. The van der Waals surface area contributed by atoms with Gasteiger partial charge in [0.25, 0.3) is 0 Å². The molecule has 0 amide bonds. The van der Waals surface area contributed by atoms with Gasteiger partial charge in [-0.2, -0.15) is 0 Å². The Balaban J connectivity index is 3.92. The Labute approximate surface area is 71.6 Å². The van der Waals surface area contributed by atoms with Crippen LogP contribution >= 0.6 is 11.6 Å². The molecule has 0 unspecified atom stereocenters. The van der Waals surface area contributed by atoms with E-state index in [2.05, 4.69) is 4.72 Å². The molecule has 0 aliphatic heterocycles. The van der Waals surface area contributed by atoms with Gasteiger partial charge in [0, 0.05) is 11.9 Å². The zero-order valence-electron chi connectivity index (χ0n) is 6.25. The van der Waals surface area contributed by atoms with E-state index in [1.807, 2.05) is 0 Å². The Morgan fingerprint density at radius 2 is 2.18 bits per heavy atom. The number of aliphatic hydroxyl groups excluding tert-OH is 1. The molecule has 0 rings (SSSR count). The first-order valence-corrected chi connectivity index (χ1v) is 5.37. The third kappa shape index (κ3) is 5.43. The zero-order chi connectivity index (χ0) is 8.91. The molecule has 0 aliphatic carbocycles. The molecule has 4 nitrogen and oxygen atoms in total. The van der Waals surface area contributed by atoms with Crippen LogP contribution in [0.5, 0.6) is 0 Å². The Bertz CT molecular complexity index is 192. The van der Waals surface area contributed by atoms with E-state index in [0.717, 1.165) is 0 Å². The van der Waals surface area contributed by atoms with E-state index < -0.39 is 16.1 Å². The summed E-state index contributed by atoms with van der Waals surface area (Å²) in [7, 11) is -3.28. The molecular formula is C5H12ClNO3S. The fraction of sp³-hybridized carbons (Fsp3) is 1.00. The first kappa shape index (κ1) is 11.2. The number of aliphatic hydroxyl groups is 1. The molecule has 0 aromatic rings. The maximum atomic E-state index is 10.9. The van der Waals surface area contributed by atoms with Crippen LogP contribution in [0.1, 0.15) is 6.92 Å². The first-order valence-electron chi connectivity index (χ1n) is 3.18. The van der Waals surface area contributed by atoms with Gasteiger partial charge in [0.2, 0.25) is 10.0 Å². The minimum atomic E-state index is -3.28. The quantitative estimate of drug-likeness (QED) is 0.591. The van der Waals surface area contributed by atoms with Crippen molar-refractivity contribution in [3.8, 4) is 0 Å². The highest BCUT2D eigenvalue weighted by Crippen LogP contribution is 1.89. The van der Waals surface area contributed by atoms with E-state index >= 15 is 0 Å². The van der Waals surface area contributed by atoms with Crippen molar-refractivity contribution in [3.05, 3.63) is 0 Å². The van der Waals surface area contributed by atoms with Gasteiger partial charge in [0.15, 0.2) is 0 Å². The second kappa shape index (κ2) is 4.92. The van der Waals surface area contributed by atoms with Crippen LogP contribution in [0.4, 0.5) is 0 Å². The number of alkyl halides is 1. The second-order valence-electron chi connectivity index (χ2n) is 2.21. The van der Waals surface area contributed by atoms with E-state index in [4.69, 9.17) is 16.7 Å². The van der Waals surface area contributed by atoms with Crippen molar-refractivity contribution >= 4 is 21.6 Å². The van der Waals surface area contributed by atoms with Gasteiger partial charge in [-0.05, 0) is 6.92 Å². The van der Waals surface area contributed by atoms with Crippen molar-refractivity contribution in [2.75, 3.05) is 18.2 Å². The number of halogens is 1. The van der Waals surface area contributed by atoms with Crippen LogP contribution in [-0.4, -0.2) is 37.8 Å². The van der Waals surface area contributed by atoms with Gasteiger partial charge in [-0.15, -0.1) is 11.6 Å². The lowest BCUT2D eigenvalue weighted by molar-refractivity contribution is 0.265. The topological polar surface area (TPSA) is 66.4 Å². The summed E-state index contributed by atoms with van der Waals surface area (Å²) in [5.74, 6) is -0.0492. The Hall–Kier alpha value is 0.160. The van der Waals surface area contributed by atoms with E-state index in [1.165, 1.54) is 0 Å². The summed E-state index contributed by atoms with van der Waals surface area (Å²) < 4.78 is 24.0. The molecule has 0 saturated heterocycles. The van der Waals surface area contributed by atoms with Crippen molar-refractivity contribution in [1.29, 1.82) is 0 Å². The highest BCUT2D eigenvalue weighted by Gasteiger charge is 2.11. The Morgan fingerprint density at radius 1 is 1.64 bits per heavy atom. The van der Waals surface area contributed by atoms with E-state index in [0.29, 0.717) is 0 Å². The Morgan fingerprint density at radius 3 is 2.55 bits per heavy atom. The van der Waals surface area contributed by atoms with Crippen LogP contribution in [0.25, 0.3) is 0 Å². The molecule has 0 aromatic heterocycles. The lowest BCUT2D eigenvalue weighted by Gasteiger charge is -2.09. The molecular weight excluding hydrogens is 190 g/mol. The molecule has 0 spiro atoms. The van der Waals surface area contributed by atoms with Crippen LogP contribution in [0, 0.1) is 0 Å². The van der Waals surface area contributed by atoms with Gasteiger partial charge in [-0.25, -0.2) is 13.1 Å². The zero-order valence-corrected chi connectivity index (χ0v) is 7.82. The molecule has 0 bridgehead atoms. The van der Waals surface area contributed by atoms with Gasteiger partial charge in [0.1, 0.15) is 0 Å². The van der Waals surface area contributed by atoms with Crippen LogP contribution < -0.4 is 4.72 Å². The lowest BCUT2D eigenvalue weighted by atomic mass is 10.4. The molecule has 0 radical (unpaired) electrons. The Kier molecular flexibility index (Phi) is 4.99. The van der Waals surface area contributed by atoms with Gasteiger partial charge in [-0.1, -0.05) is 0 Å². The summed E-state index contributed by atoms with van der Waals surface area (Å²) in [4.78, 5) is 0. The summed E-state index contributed by atoms with van der Waals surface area (Å²) in [6.07, 6.45) is 0. The monoisotopic (exact) mass is 201 g/mol. The number of hydrogen-bond acceptors (Lipinski definition) is 3. The van der Waals surface area contributed by atoms with Crippen LogP contribution in [0.2, 0.25) is 0 Å². The van der Waals surface area contributed by atoms with Crippen molar-refractivity contribution in [2.45, 2.75) is 13.0 Å². The molecule has 0 aliphatic rings. The van der Waals surface area contributed by atoms with Gasteiger partial charge >= 0.3 is 0 Å². The average molecular weight is 202 g/mol. The van der Waals surface area contributed by atoms with Gasteiger partial charge in [0.05, 0.1) is 12.4 Å².